The van der Waals surface area contributed by atoms with E-state index in [4.69, 9.17) is 4.98 Å². The fraction of sp³-hybridized carbons (Fsp3) is 0.733. The second-order valence-corrected chi connectivity index (χ2v) is 12.8. The summed E-state index contributed by atoms with van der Waals surface area (Å²) in [5.74, 6) is 2.22. The molecule has 0 radical (unpaired) electrons. The maximum Gasteiger partial charge on any atom is 0.294 e. The normalized spacial score (nSPS) is 36.4. The van der Waals surface area contributed by atoms with E-state index in [1.807, 2.05) is 28.8 Å². The van der Waals surface area contributed by atoms with Crippen LogP contribution in [0.4, 0.5) is 5.82 Å². The first-order chi connectivity index (χ1) is 18.1. The first-order valence-electron chi connectivity index (χ1n) is 15.0. The van der Waals surface area contributed by atoms with Crippen molar-refractivity contribution >= 4 is 16.9 Å². The van der Waals surface area contributed by atoms with Gasteiger partial charge in [0, 0.05) is 30.7 Å². The molecule has 7 rings (SSSR count). The summed E-state index contributed by atoms with van der Waals surface area (Å²) in [6, 6.07) is 9.55. The number of anilines is 1. The van der Waals surface area contributed by atoms with Crippen LogP contribution >= 0.6 is 0 Å². The van der Waals surface area contributed by atoms with Gasteiger partial charge >= 0.3 is 0 Å². The Labute approximate surface area is 219 Å². The molecule has 3 aliphatic heterocycles. The highest BCUT2D eigenvalue weighted by molar-refractivity contribution is 5.76. The molecule has 0 unspecified atom stereocenters. The second-order valence-electron chi connectivity index (χ2n) is 12.8. The van der Waals surface area contributed by atoms with Crippen LogP contribution in [-0.4, -0.2) is 61.7 Å². The first kappa shape index (κ1) is 24.1. The molecule has 5 aliphatic rings. The summed E-state index contributed by atoms with van der Waals surface area (Å²) in [5.41, 5.74) is 1.67. The predicted molar refractivity (Wildman–Crippen MR) is 145 cm³/mol. The molecule has 7 nitrogen and oxygen atoms in total. The number of hydrogen-bond acceptors (Lipinski definition) is 6. The highest BCUT2D eigenvalue weighted by Gasteiger charge is 2.45. The standard InChI is InChI=1S/C30H42N4O3/c35-29-28(32-13-12-27(32)30(36)37)31-25-10-3-4-11-26(25)34(29)24-17-21-8-5-9-22(18-24)33(21)23-15-19-6-1-2-7-20(14-19)16-23/h3-4,10-11,19-24,27,30,36-37H,1-2,5-9,12-18H2/t19-,20+,21-,22+,23-,24+,27-/m1/s1. The van der Waals surface area contributed by atoms with Crippen LogP contribution < -0.4 is 10.5 Å². The highest BCUT2D eigenvalue weighted by atomic mass is 16.5. The molecule has 37 heavy (non-hydrogen) atoms. The zero-order chi connectivity index (χ0) is 25.1. The molecule has 2 aliphatic carbocycles. The zero-order valence-electron chi connectivity index (χ0n) is 21.9. The summed E-state index contributed by atoms with van der Waals surface area (Å²) in [4.78, 5) is 23.5. The third kappa shape index (κ3) is 4.22. The molecule has 1 aromatic carbocycles. The fourth-order valence-corrected chi connectivity index (χ4v) is 8.98. The Hall–Kier alpha value is -1.96. The molecular formula is C30H42N4O3. The Morgan fingerprint density at radius 1 is 0.784 bits per heavy atom. The highest BCUT2D eigenvalue weighted by Crippen LogP contribution is 2.47. The quantitative estimate of drug-likeness (QED) is 0.605. The predicted octanol–water partition coefficient (Wildman–Crippen LogP) is 4.20. The molecular weight excluding hydrogens is 464 g/mol. The number of aliphatic hydroxyl groups is 2. The SMILES string of the molecule is O=c1c(N2CC[C@@H]2C(O)O)nc2ccccc2n1[C@H]1C[C@H]2CCC[C@@H](C1)N2[C@@H]1C[C@@H]2CCCC[C@@H](C2)C1. The van der Waals surface area contributed by atoms with E-state index >= 15 is 0 Å². The van der Waals surface area contributed by atoms with E-state index in [1.165, 1.54) is 64.2 Å². The molecule has 5 fully saturated rings. The molecule has 0 spiro atoms. The number of piperidine rings is 2. The fourth-order valence-electron chi connectivity index (χ4n) is 8.98. The lowest BCUT2D eigenvalue weighted by Crippen LogP contribution is -2.59. The van der Waals surface area contributed by atoms with Crippen molar-refractivity contribution in [2.24, 2.45) is 11.8 Å². The number of para-hydroxylation sites is 2. The number of rotatable bonds is 4. The Bertz CT molecular complexity index is 1170. The van der Waals surface area contributed by atoms with Crippen LogP contribution in [0.5, 0.6) is 0 Å². The van der Waals surface area contributed by atoms with Gasteiger partial charge in [0.1, 0.15) is 0 Å². The average Bonchev–Trinajstić information content (AvgIpc) is 3.02. The Morgan fingerprint density at radius 3 is 2.14 bits per heavy atom. The Morgan fingerprint density at radius 2 is 1.49 bits per heavy atom. The van der Waals surface area contributed by atoms with Crippen LogP contribution in [0, 0.1) is 11.8 Å². The van der Waals surface area contributed by atoms with Crippen molar-refractivity contribution in [3.63, 3.8) is 0 Å². The maximum atomic E-state index is 14.0. The largest absolute Gasteiger partial charge is 0.366 e. The van der Waals surface area contributed by atoms with Crippen LogP contribution in [0.15, 0.2) is 29.1 Å². The van der Waals surface area contributed by atoms with E-state index in [0.717, 1.165) is 41.8 Å². The van der Waals surface area contributed by atoms with Gasteiger partial charge in [-0.15, -0.1) is 0 Å². The number of benzene rings is 1. The monoisotopic (exact) mass is 506 g/mol. The van der Waals surface area contributed by atoms with Gasteiger partial charge in [-0.1, -0.05) is 44.2 Å². The van der Waals surface area contributed by atoms with Gasteiger partial charge in [0.25, 0.3) is 5.56 Å². The zero-order valence-corrected chi connectivity index (χ0v) is 21.9. The van der Waals surface area contributed by atoms with Gasteiger partial charge in [-0.2, -0.15) is 0 Å². The van der Waals surface area contributed by atoms with Crippen molar-refractivity contribution in [2.45, 2.75) is 120 Å². The van der Waals surface area contributed by atoms with Crippen molar-refractivity contribution in [3.8, 4) is 0 Å². The van der Waals surface area contributed by atoms with Crippen LogP contribution in [0.2, 0.25) is 0 Å². The van der Waals surface area contributed by atoms with Crippen molar-refractivity contribution in [1.82, 2.24) is 14.5 Å². The summed E-state index contributed by atoms with van der Waals surface area (Å²) in [7, 11) is 0. The number of nitrogens with zero attached hydrogens (tertiary/aromatic N) is 4. The minimum Gasteiger partial charge on any atom is -0.366 e. The Kier molecular flexibility index (Phi) is 6.29. The molecule has 4 heterocycles. The summed E-state index contributed by atoms with van der Waals surface area (Å²) in [5, 5.41) is 19.7. The molecule has 200 valence electrons. The molecule has 4 bridgehead atoms. The van der Waals surface area contributed by atoms with Gasteiger partial charge in [-0.05, 0) is 75.3 Å². The minimum absolute atomic E-state index is 0.0655. The van der Waals surface area contributed by atoms with E-state index in [1.54, 1.807) is 4.90 Å². The van der Waals surface area contributed by atoms with E-state index in [-0.39, 0.29) is 11.6 Å². The van der Waals surface area contributed by atoms with Crippen molar-refractivity contribution < 1.29 is 10.2 Å². The van der Waals surface area contributed by atoms with Crippen molar-refractivity contribution in [2.75, 3.05) is 11.4 Å². The van der Waals surface area contributed by atoms with Crippen LogP contribution in [-0.2, 0) is 0 Å². The van der Waals surface area contributed by atoms with Gasteiger partial charge < -0.3 is 19.7 Å². The van der Waals surface area contributed by atoms with Crippen molar-refractivity contribution in [1.29, 1.82) is 0 Å². The van der Waals surface area contributed by atoms with Crippen LogP contribution in [0.3, 0.4) is 0 Å². The van der Waals surface area contributed by atoms with E-state index in [0.29, 0.717) is 30.9 Å². The summed E-state index contributed by atoms with van der Waals surface area (Å²) >= 11 is 0. The number of aromatic nitrogens is 2. The molecule has 2 aromatic rings. The average molecular weight is 507 g/mol. The lowest BCUT2D eigenvalue weighted by molar-refractivity contribution is -0.0718. The third-order valence-electron chi connectivity index (χ3n) is 10.6. The molecule has 7 atom stereocenters. The van der Waals surface area contributed by atoms with E-state index in [2.05, 4.69) is 4.90 Å². The molecule has 3 saturated heterocycles. The van der Waals surface area contributed by atoms with Crippen LogP contribution in [0.25, 0.3) is 11.0 Å². The van der Waals surface area contributed by atoms with E-state index < -0.39 is 12.3 Å². The molecule has 1 aromatic heterocycles. The second kappa shape index (κ2) is 9.65. The third-order valence-corrected chi connectivity index (χ3v) is 10.6. The van der Waals surface area contributed by atoms with Gasteiger partial charge in [-0.25, -0.2) is 4.98 Å². The maximum absolute atomic E-state index is 14.0. The van der Waals surface area contributed by atoms with Crippen LogP contribution in [0.1, 0.15) is 89.5 Å². The molecule has 0 amide bonds. The molecule has 2 N–H and O–H groups in total. The topological polar surface area (TPSA) is 81.8 Å². The lowest BCUT2D eigenvalue weighted by atomic mass is 9.73. The lowest BCUT2D eigenvalue weighted by Gasteiger charge is -2.54. The Balaban J connectivity index is 1.22. The minimum atomic E-state index is -1.46. The van der Waals surface area contributed by atoms with Gasteiger partial charge in [0.15, 0.2) is 12.1 Å². The van der Waals surface area contributed by atoms with Crippen molar-refractivity contribution in [3.05, 3.63) is 34.6 Å². The number of hydrogen-bond donors (Lipinski definition) is 2. The first-order valence-corrected chi connectivity index (χ1v) is 15.0. The molecule has 7 heteroatoms. The summed E-state index contributed by atoms with van der Waals surface area (Å²) in [6.07, 6.45) is 15.0. The van der Waals surface area contributed by atoms with Gasteiger partial charge in [-0.3, -0.25) is 9.69 Å². The van der Waals surface area contributed by atoms with Gasteiger partial charge in [0.2, 0.25) is 0 Å². The van der Waals surface area contributed by atoms with E-state index in [9.17, 15) is 15.0 Å². The summed E-state index contributed by atoms with van der Waals surface area (Å²) < 4.78 is 2.04. The number of fused-ring (bicyclic) bond motifs is 5. The summed E-state index contributed by atoms with van der Waals surface area (Å²) in [6.45, 7) is 0.635. The molecule has 2 saturated carbocycles. The van der Waals surface area contributed by atoms with Gasteiger partial charge in [0.05, 0.1) is 17.1 Å². The number of aliphatic hydroxyl groups excluding tert-OH is 1. The smallest absolute Gasteiger partial charge is 0.294 e.